The molecule has 1 aliphatic heterocycles. The summed E-state index contributed by atoms with van der Waals surface area (Å²) in [7, 11) is 0. The van der Waals surface area contributed by atoms with Gasteiger partial charge in [-0.3, -0.25) is 4.90 Å². The molecule has 1 fully saturated rings. The van der Waals surface area contributed by atoms with Gasteiger partial charge in [0.1, 0.15) is 5.58 Å². The standard InChI is InChI=1S/C17H20ClNO2/c1-3-12-6-16-14(8-15(12)18)13(7-17(20)21-16)10-19-5-4-11(2)9-19/h6-8,11H,3-5,9-10H2,1-2H3. The highest BCUT2D eigenvalue weighted by Gasteiger charge is 2.20. The van der Waals surface area contributed by atoms with Crippen LogP contribution in [0.15, 0.2) is 27.4 Å². The van der Waals surface area contributed by atoms with Gasteiger partial charge in [0.05, 0.1) is 0 Å². The molecule has 0 saturated carbocycles. The average Bonchev–Trinajstić information content (AvgIpc) is 2.84. The summed E-state index contributed by atoms with van der Waals surface area (Å²) in [4.78, 5) is 14.2. The first-order valence-electron chi connectivity index (χ1n) is 7.54. The van der Waals surface area contributed by atoms with Gasteiger partial charge in [-0.1, -0.05) is 25.4 Å². The number of halogens is 1. The zero-order chi connectivity index (χ0) is 15.0. The summed E-state index contributed by atoms with van der Waals surface area (Å²) in [6.45, 7) is 7.27. The second-order valence-electron chi connectivity index (χ2n) is 6.01. The highest BCUT2D eigenvalue weighted by atomic mass is 35.5. The van der Waals surface area contributed by atoms with Crippen LogP contribution < -0.4 is 5.63 Å². The van der Waals surface area contributed by atoms with E-state index in [0.717, 1.165) is 53.5 Å². The Bertz CT molecular complexity index is 723. The molecule has 0 spiro atoms. The molecule has 112 valence electrons. The summed E-state index contributed by atoms with van der Waals surface area (Å²) in [6, 6.07) is 5.44. The molecule has 0 N–H and O–H groups in total. The Kier molecular flexibility index (Phi) is 4.05. The fraction of sp³-hybridized carbons (Fsp3) is 0.471. The summed E-state index contributed by atoms with van der Waals surface area (Å²) < 4.78 is 5.35. The van der Waals surface area contributed by atoms with E-state index in [4.69, 9.17) is 16.0 Å². The zero-order valence-electron chi connectivity index (χ0n) is 12.5. The van der Waals surface area contributed by atoms with Crippen molar-refractivity contribution >= 4 is 22.6 Å². The van der Waals surface area contributed by atoms with Crippen LogP contribution in [0.2, 0.25) is 5.02 Å². The maximum Gasteiger partial charge on any atom is 0.336 e. The van der Waals surface area contributed by atoms with E-state index in [9.17, 15) is 4.79 Å². The Hall–Kier alpha value is -1.32. The van der Waals surface area contributed by atoms with Gasteiger partial charge in [-0.25, -0.2) is 4.79 Å². The summed E-state index contributed by atoms with van der Waals surface area (Å²) >= 11 is 6.32. The summed E-state index contributed by atoms with van der Waals surface area (Å²) in [6.07, 6.45) is 2.05. The molecule has 0 bridgehead atoms. The highest BCUT2D eigenvalue weighted by Crippen LogP contribution is 2.27. The SMILES string of the molecule is CCc1cc2oc(=O)cc(CN3CCC(C)C3)c2cc1Cl. The van der Waals surface area contributed by atoms with Crippen molar-refractivity contribution < 1.29 is 4.42 Å². The molecule has 1 aromatic heterocycles. The quantitative estimate of drug-likeness (QED) is 0.808. The van der Waals surface area contributed by atoms with E-state index in [0.29, 0.717) is 5.58 Å². The first-order valence-corrected chi connectivity index (χ1v) is 7.92. The second-order valence-corrected chi connectivity index (χ2v) is 6.42. The van der Waals surface area contributed by atoms with E-state index in [2.05, 4.69) is 11.8 Å². The van der Waals surface area contributed by atoms with Crippen molar-refractivity contribution in [1.82, 2.24) is 4.90 Å². The Morgan fingerprint density at radius 1 is 1.33 bits per heavy atom. The molecule has 1 aliphatic rings. The lowest BCUT2D eigenvalue weighted by Gasteiger charge is -2.16. The predicted octanol–water partition coefficient (Wildman–Crippen LogP) is 3.85. The van der Waals surface area contributed by atoms with Crippen LogP contribution in [0.1, 0.15) is 31.4 Å². The maximum absolute atomic E-state index is 11.8. The van der Waals surface area contributed by atoms with Crippen molar-refractivity contribution in [2.75, 3.05) is 13.1 Å². The predicted molar refractivity (Wildman–Crippen MR) is 85.9 cm³/mol. The van der Waals surface area contributed by atoms with Crippen molar-refractivity contribution in [3.8, 4) is 0 Å². The molecule has 2 heterocycles. The molecule has 1 atom stereocenters. The molecule has 3 nitrogen and oxygen atoms in total. The van der Waals surface area contributed by atoms with Crippen LogP contribution >= 0.6 is 11.6 Å². The first-order chi connectivity index (χ1) is 10.1. The topological polar surface area (TPSA) is 33.5 Å². The van der Waals surface area contributed by atoms with Gasteiger partial charge in [0.15, 0.2) is 0 Å². The molecule has 0 radical (unpaired) electrons. The van der Waals surface area contributed by atoms with Crippen LogP contribution in [0, 0.1) is 5.92 Å². The largest absolute Gasteiger partial charge is 0.423 e. The van der Waals surface area contributed by atoms with Crippen LogP contribution in [0.5, 0.6) is 0 Å². The fourth-order valence-corrected chi connectivity index (χ4v) is 3.40. The minimum atomic E-state index is -0.283. The molecular weight excluding hydrogens is 286 g/mol. The maximum atomic E-state index is 11.8. The highest BCUT2D eigenvalue weighted by molar-refractivity contribution is 6.32. The normalized spacial score (nSPS) is 19.5. The van der Waals surface area contributed by atoms with Gasteiger partial charge in [-0.2, -0.15) is 0 Å². The molecule has 21 heavy (non-hydrogen) atoms. The van der Waals surface area contributed by atoms with E-state index in [-0.39, 0.29) is 5.63 Å². The molecule has 0 amide bonds. The van der Waals surface area contributed by atoms with Gasteiger partial charge < -0.3 is 4.42 Å². The summed E-state index contributed by atoms with van der Waals surface area (Å²) in [5.74, 6) is 0.728. The van der Waals surface area contributed by atoms with Gasteiger partial charge in [0.2, 0.25) is 0 Å². The van der Waals surface area contributed by atoms with Crippen molar-refractivity contribution in [1.29, 1.82) is 0 Å². The minimum absolute atomic E-state index is 0.283. The minimum Gasteiger partial charge on any atom is -0.423 e. The van der Waals surface area contributed by atoms with Gasteiger partial charge in [-0.15, -0.1) is 0 Å². The van der Waals surface area contributed by atoms with Gasteiger partial charge in [0, 0.05) is 29.6 Å². The van der Waals surface area contributed by atoms with Crippen LogP contribution in [-0.4, -0.2) is 18.0 Å². The third kappa shape index (κ3) is 2.99. The first kappa shape index (κ1) is 14.6. The monoisotopic (exact) mass is 305 g/mol. The van der Waals surface area contributed by atoms with Crippen molar-refractivity contribution in [3.63, 3.8) is 0 Å². The lowest BCUT2D eigenvalue weighted by Crippen LogP contribution is -2.20. The van der Waals surface area contributed by atoms with Crippen LogP contribution in [-0.2, 0) is 13.0 Å². The third-order valence-electron chi connectivity index (χ3n) is 4.28. The van der Waals surface area contributed by atoms with Gasteiger partial charge in [-0.05, 0) is 48.6 Å². The third-order valence-corrected chi connectivity index (χ3v) is 4.63. The molecule has 2 aromatic rings. The molecule has 1 aromatic carbocycles. The molecule has 4 heteroatoms. The number of nitrogens with zero attached hydrogens (tertiary/aromatic N) is 1. The molecule has 0 aliphatic carbocycles. The van der Waals surface area contributed by atoms with Crippen molar-refractivity contribution in [2.45, 2.75) is 33.2 Å². The van der Waals surface area contributed by atoms with Gasteiger partial charge in [0.25, 0.3) is 0 Å². The number of aryl methyl sites for hydroxylation is 1. The number of hydrogen-bond acceptors (Lipinski definition) is 3. The van der Waals surface area contributed by atoms with Crippen LogP contribution in [0.25, 0.3) is 11.0 Å². The Labute approximate surface area is 129 Å². The van der Waals surface area contributed by atoms with Crippen molar-refractivity contribution in [2.24, 2.45) is 5.92 Å². The fourth-order valence-electron chi connectivity index (χ4n) is 3.10. The molecule has 1 unspecified atom stereocenters. The van der Waals surface area contributed by atoms with Crippen LogP contribution in [0.3, 0.4) is 0 Å². The lowest BCUT2D eigenvalue weighted by atomic mass is 10.1. The second kappa shape index (κ2) is 5.82. The lowest BCUT2D eigenvalue weighted by molar-refractivity contribution is 0.320. The smallest absolute Gasteiger partial charge is 0.336 e. The van der Waals surface area contributed by atoms with E-state index in [1.807, 2.05) is 19.1 Å². The molecular formula is C17H20ClNO2. The van der Waals surface area contributed by atoms with E-state index >= 15 is 0 Å². The zero-order valence-corrected chi connectivity index (χ0v) is 13.2. The van der Waals surface area contributed by atoms with E-state index < -0.39 is 0 Å². The summed E-state index contributed by atoms with van der Waals surface area (Å²) in [5, 5.41) is 1.70. The van der Waals surface area contributed by atoms with E-state index in [1.165, 1.54) is 6.42 Å². The summed E-state index contributed by atoms with van der Waals surface area (Å²) in [5.41, 5.74) is 2.39. The number of rotatable bonds is 3. The number of fused-ring (bicyclic) bond motifs is 1. The number of likely N-dealkylation sites (tertiary alicyclic amines) is 1. The number of benzene rings is 1. The Morgan fingerprint density at radius 2 is 2.14 bits per heavy atom. The van der Waals surface area contributed by atoms with Crippen molar-refractivity contribution in [3.05, 3.63) is 44.8 Å². The molecule has 3 rings (SSSR count). The Balaban J connectivity index is 2.04. The average molecular weight is 306 g/mol. The number of hydrogen-bond donors (Lipinski definition) is 0. The van der Waals surface area contributed by atoms with Crippen LogP contribution in [0.4, 0.5) is 0 Å². The van der Waals surface area contributed by atoms with E-state index in [1.54, 1.807) is 6.07 Å². The van der Waals surface area contributed by atoms with Gasteiger partial charge >= 0.3 is 5.63 Å². The Morgan fingerprint density at radius 3 is 2.81 bits per heavy atom. The molecule has 1 saturated heterocycles.